The molecule has 2 aromatic heterocycles. The summed E-state index contributed by atoms with van der Waals surface area (Å²) in [5.74, 6) is 0.790. The molecular weight excluding hydrogens is 366 g/mol. The number of hydrogen-bond donors (Lipinski definition) is 0. The maximum absolute atomic E-state index is 11.0. The number of aromatic nitrogens is 4. The van der Waals surface area contributed by atoms with Crippen LogP contribution < -0.4 is 0 Å². The average molecular weight is 378 g/mol. The van der Waals surface area contributed by atoms with E-state index >= 15 is 0 Å². The van der Waals surface area contributed by atoms with Gasteiger partial charge in [0, 0.05) is 10.0 Å². The second-order valence-electron chi connectivity index (χ2n) is 4.96. The molecule has 0 aliphatic heterocycles. The second-order valence-corrected chi connectivity index (χ2v) is 5.87. The van der Waals surface area contributed by atoms with E-state index in [2.05, 4.69) is 31.2 Å². The first kappa shape index (κ1) is 15.3. The van der Waals surface area contributed by atoms with Crippen molar-refractivity contribution in [1.29, 1.82) is 0 Å². The first-order valence-corrected chi connectivity index (χ1v) is 7.52. The number of halogens is 1. The van der Waals surface area contributed by atoms with Crippen molar-refractivity contribution < 1.29 is 9.45 Å². The van der Waals surface area contributed by atoms with E-state index in [0.717, 1.165) is 10.0 Å². The Kier molecular flexibility index (Phi) is 3.95. The van der Waals surface area contributed by atoms with E-state index in [1.165, 1.54) is 4.68 Å². The zero-order valence-electron chi connectivity index (χ0n) is 12.4. The van der Waals surface area contributed by atoms with Gasteiger partial charge in [-0.25, -0.2) is 0 Å². The monoisotopic (exact) mass is 377 g/mol. The highest BCUT2D eigenvalue weighted by Crippen LogP contribution is 2.23. The Hall–Kier alpha value is -2.55. The van der Waals surface area contributed by atoms with E-state index in [4.69, 9.17) is 4.52 Å². The van der Waals surface area contributed by atoms with Crippen LogP contribution in [0.2, 0.25) is 0 Å². The van der Waals surface area contributed by atoms with Crippen LogP contribution in [0.4, 0.5) is 5.69 Å². The van der Waals surface area contributed by atoms with Crippen molar-refractivity contribution in [3.05, 3.63) is 56.1 Å². The van der Waals surface area contributed by atoms with Gasteiger partial charge >= 0.3 is 5.69 Å². The molecule has 0 aliphatic rings. The fraction of sp³-hybridized carbons (Fsp3) is 0.214. The van der Waals surface area contributed by atoms with Crippen molar-refractivity contribution in [3.63, 3.8) is 0 Å². The Balaban J connectivity index is 1.88. The molecule has 0 saturated heterocycles. The lowest BCUT2D eigenvalue weighted by Gasteiger charge is -1.98. The Labute approximate surface area is 139 Å². The van der Waals surface area contributed by atoms with Crippen LogP contribution in [0.3, 0.4) is 0 Å². The van der Waals surface area contributed by atoms with Gasteiger partial charge in [0.1, 0.15) is 17.9 Å². The third-order valence-electron chi connectivity index (χ3n) is 3.36. The predicted molar refractivity (Wildman–Crippen MR) is 84.9 cm³/mol. The highest BCUT2D eigenvalue weighted by Gasteiger charge is 2.22. The Morgan fingerprint density at radius 3 is 2.83 bits per heavy atom. The normalized spacial score (nSPS) is 10.9. The van der Waals surface area contributed by atoms with E-state index in [0.29, 0.717) is 23.1 Å². The van der Waals surface area contributed by atoms with Crippen LogP contribution in [-0.4, -0.2) is 24.8 Å². The van der Waals surface area contributed by atoms with Crippen LogP contribution >= 0.6 is 15.9 Å². The number of nitro groups is 1. The maximum Gasteiger partial charge on any atom is 0.312 e. The van der Waals surface area contributed by atoms with Gasteiger partial charge in [0.25, 0.3) is 0 Å². The summed E-state index contributed by atoms with van der Waals surface area (Å²) in [6.07, 6.45) is 0. The average Bonchev–Trinajstić information content (AvgIpc) is 3.05. The summed E-state index contributed by atoms with van der Waals surface area (Å²) < 4.78 is 7.62. The number of nitrogens with zero attached hydrogens (tertiary/aromatic N) is 5. The molecule has 0 saturated carbocycles. The van der Waals surface area contributed by atoms with Crippen molar-refractivity contribution in [2.45, 2.75) is 20.4 Å². The van der Waals surface area contributed by atoms with Gasteiger partial charge in [-0.1, -0.05) is 33.2 Å². The van der Waals surface area contributed by atoms with Crippen molar-refractivity contribution in [2.75, 3.05) is 0 Å². The molecule has 23 heavy (non-hydrogen) atoms. The van der Waals surface area contributed by atoms with Crippen LogP contribution in [0.25, 0.3) is 11.4 Å². The second kappa shape index (κ2) is 5.92. The minimum absolute atomic E-state index is 0.0109. The van der Waals surface area contributed by atoms with Crippen molar-refractivity contribution in [2.24, 2.45) is 0 Å². The minimum Gasteiger partial charge on any atom is -0.337 e. The lowest BCUT2D eigenvalue weighted by molar-refractivity contribution is -0.386. The van der Waals surface area contributed by atoms with Gasteiger partial charge in [-0.05, 0) is 26.0 Å². The largest absolute Gasteiger partial charge is 0.337 e. The number of rotatable bonds is 4. The fourth-order valence-electron chi connectivity index (χ4n) is 2.30. The zero-order chi connectivity index (χ0) is 16.6. The first-order valence-electron chi connectivity index (χ1n) is 6.72. The SMILES string of the molecule is Cc1nn(Cc2nc(-c3cccc(Br)c3)no2)c(C)c1[N+](=O)[O-]. The Bertz CT molecular complexity index is 886. The molecule has 0 N–H and O–H groups in total. The van der Waals surface area contributed by atoms with Crippen molar-refractivity contribution in [3.8, 4) is 11.4 Å². The molecule has 0 amide bonds. The van der Waals surface area contributed by atoms with Gasteiger partial charge in [0.05, 0.1) is 4.92 Å². The first-order chi connectivity index (χ1) is 11.0. The van der Waals surface area contributed by atoms with Crippen LogP contribution in [0.5, 0.6) is 0 Å². The molecular formula is C14H12BrN5O3. The lowest BCUT2D eigenvalue weighted by Crippen LogP contribution is -2.04. The van der Waals surface area contributed by atoms with E-state index < -0.39 is 4.92 Å². The smallest absolute Gasteiger partial charge is 0.312 e. The highest BCUT2D eigenvalue weighted by molar-refractivity contribution is 9.10. The number of aryl methyl sites for hydroxylation is 1. The number of benzene rings is 1. The van der Waals surface area contributed by atoms with Crippen LogP contribution in [0, 0.1) is 24.0 Å². The molecule has 0 spiro atoms. The molecule has 0 aliphatic carbocycles. The van der Waals surface area contributed by atoms with Gasteiger partial charge in [0.2, 0.25) is 11.7 Å². The van der Waals surface area contributed by atoms with Crippen molar-refractivity contribution >= 4 is 21.6 Å². The molecule has 0 fully saturated rings. The molecule has 118 valence electrons. The third kappa shape index (κ3) is 3.00. The molecule has 1 aromatic carbocycles. The van der Waals surface area contributed by atoms with Crippen LogP contribution in [-0.2, 0) is 6.54 Å². The van der Waals surface area contributed by atoms with Gasteiger partial charge < -0.3 is 4.52 Å². The Morgan fingerprint density at radius 2 is 2.17 bits per heavy atom. The summed E-state index contributed by atoms with van der Waals surface area (Å²) in [7, 11) is 0. The predicted octanol–water partition coefficient (Wildman–Crippen LogP) is 3.27. The van der Waals surface area contributed by atoms with Gasteiger partial charge in [-0.3, -0.25) is 14.8 Å². The molecule has 9 heteroatoms. The van der Waals surface area contributed by atoms with Crippen molar-refractivity contribution in [1.82, 2.24) is 19.9 Å². The zero-order valence-corrected chi connectivity index (χ0v) is 13.9. The topological polar surface area (TPSA) is 99.9 Å². The highest BCUT2D eigenvalue weighted by atomic mass is 79.9. The fourth-order valence-corrected chi connectivity index (χ4v) is 2.70. The molecule has 8 nitrogen and oxygen atoms in total. The lowest BCUT2D eigenvalue weighted by atomic mass is 10.2. The summed E-state index contributed by atoms with van der Waals surface area (Å²) in [6, 6.07) is 7.52. The maximum atomic E-state index is 11.0. The minimum atomic E-state index is -0.436. The molecule has 3 aromatic rings. The van der Waals surface area contributed by atoms with Crippen LogP contribution in [0.1, 0.15) is 17.3 Å². The number of hydrogen-bond acceptors (Lipinski definition) is 6. The van der Waals surface area contributed by atoms with Gasteiger partial charge in [-0.2, -0.15) is 10.1 Å². The standard InChI is InChI=1S/C14H12BrN5O3/c1-8-13(20(21)22)9(2)19(17-8)7-12-16-14(18-23-12)10-4-3-5-11(15)6-10/h3-6H,7H2,1-2H3. The molecule has 0 unspecified atom stereocenters. The molecule has 2 heterocycles. The van der Waals surface area contributed by atoms with Gasteiger partial charge in [-0.15, -0.1) is 0 Å². The van der Waals surface area contributed by atoms with Crippen LogP contribution in [0.15, 0.2) is 33.3 Å². The van der Waals surface area contributed by atoms with E-state index in [9.17, 15) is 10.1 Å². The third-order valence-corrected chi connectivity index (χ3v) is 3.86. The van der Waals surface area contributed by atoms with Gasteiger partial charge in [0.15, 0.2) is 0 Å². The molecule has 3 rings (SSSR count). The summed E-state index contributed by atoms with van der Waals surface area (Å²) >= 11 is 3.39. The summed E-state index contributed by atoms with van der Waals surface area (Å²) in [4.78, 5) is 14.9. The molecule has 0 bridgehead atoms. The quantitative estimate of drug-likeness (QED) is 0.510. The Morgan fingerprint density at radius 1 is 1.39 bits per heavy atom. The van der Waals surface area contributed by atoms with E-state index in [1.54, 1.807) is 13.8 Å². The van der Waals surface area contributed by atoms with E-state index in [1.807, 2.05) is 24.3 Å². The summed E-state index contributed by atoms with van der Waals surface area (Å²) in [5, 5.41) is 19.1. The van der Waals surface area contributed by atoms with E-state index in [-0.39, 0.29) is 12.2 Å². The molecule has 0 atom stereocenters. The summed E-state index contributed by atoms with van der Waals surface area (Å²) in [6.45, 7) is 3.42. The molecule has 0 radical (unpaired) electrons. The summed E-state index contributed by atoms with van der Waals surface area (Å²) in [5.41, 5.74) is 1.64.